The molecule has 1 aliphatic heterocycles. The maximum absolute atomic E-state index is 5.43. The molecular formula is C12H16N2O. The summed E-state index contributed by atoms with van der Waals surface area (Å²) in [6, 6.07) is 6.96. The molecule has 1 aliphatic rings. The second-order valence-corrected chi connectivity index (χ2v) is 3.95. The first kappa shape index (κ1) is 10.0. The van der Waals surface area contributed by atoms with E-state index < -0.39 is 0 Å². The second-order valence-electron chi connectivity index (χ2n) is 3.95. The lowest BCUT2D eigenvalue weighted by atomic mass is 10.1. The van der Waals surface area contributed by atoms with Crippen molar-refractivity contribution in [1.29, 1.82) is 0 Å². The van der Waals surface area contributed by atoms with Crippen LogP contribution in [0.4, 0.5) is 5.69 Å². The van der Waals surface area contributed by atoms with Gasteiger partial charge >= 0.3 is 0 Å². The maximum Gasteiger partial charge on any atom is 0.292 e. The van der Waals surface area contributed by atoms with Crippen molar-refractivity contribution in [3.63, 3.8) is 0 Å². The van der Waals surface area contributed by atoms with Gasteiger partial charge in [-0.05, 0) is 25.5 Å². The zero-order chi connectivity index (χ0) is 10.8. The highest BCUT2D eigenvalue weighted by Gasteiger charge is 2.15. The number of aliphatic imine (C=N–C) groups is 1. The normalized spacial score (nSPS) is 18.3. The van der Waals surface area contributed by atoms with Crippen molar-refractivity contribution in [3.05, 3.63) is 29.3 Å². The van der Waals surface area contributed by atoms with E-state index in [4.69, 9.17) is 4.74 Å². The van der Waals surface area contributed by atoms with Crippen molar-refractivity contribution in [2.24, 2.45) is 4.99 Å². The van der Waals surface area contributed by atoms with E-state index in [1.807, 2.05) is 18.0 Å². The molecule has 0 amide bonds. The third-order valence-corrected chi connectivity index (χ3v) is 2.55. The standard InChI is InChI=1S/C12H16N2O/c1-9-4-5-11(10(2)8-9)13-12-14(3)6-7-15-12/h4-5,8H,6-7H2,1-3H3. The lowest BCUT2D eigenvalue weighted by Gasteiger charge is -2.08. The number of aryl methyl sites for hydroxylation is 2. The van der Waals surface area contributed by atoms with Crippen LogP contribution in [0, 0.1) is 13.8 Å². The minimum atomic E-state index is 0.724. The van der Waals surface area contributed by atoms with Crippen LogP contribution < -0.4 is 0 Å². The van der Waals surface area contributed by atoms with Crippen molar-refractivity contribution >= 4 is 11.7 Å². The molecule has 0 spiro atoms. The fourth-order valence-electron chi connectivity index (χ4n) is 1.63. The number of ether oxygens (including phenoxy) is 1. The molecule has 1 saturated heterocycles. The van der Waals surface area contributed by atoms with Crippen molar-refractivity contribution in [3.8, 4) is 0 Å². The largest absolute Gasteiger partial charge is 0.463 e. The SMILES string of the molecule is Cc1ccc(N=C2OCCN2C)c(C)c1. The topological polar surface area (TPSA) is 24.8 Å². The molecule has 1 aromatic rings. The minimum absolute atomic E-state index is 0.724. The molecule has 0 aromatic heterocycles. The van der Waals surface area contributed by atoms with Gasteiger partial charge in [0.1, 0.15) is 6.61 Å². The van der Waals surface area contributed by atoms with Gasteiger partial charge in [0.2, 0.25) is 0 Å². The van der Waals surface area contributed by atoms with Gasteiger partial charge < -0.3 is 9.64 Å². The second kappa shape index (κ2) is 3.93. The molecule has 0 atom stereocenters. The minimum Gasteiger partial charge on any atom is -0.463 e. The molecule has 15 heavy (non-hydrogen) atoms. The predicted molar refractivity (Wildman–Crippen MR) is 61.6 cm³/mol. The van der Waals surface area contributed by atoms with Gasteiger partial charge in [-0.2, -0.15) is 4.99 Å². The zero-order valence-electron chi connectivity index (χ0n) is 9.45. The Kier molecular flexibility index (Phi) is 2.62. The quantitative estimate of drug-likeness (QED) is 0.701. The number of rotatable bonds is 1. The number of nitrogens with zero attached hydrogens (tertiary/aromatic N) is 2. The van der Waals surface area contributed by atoms with E-state index in [0.29, 0.717) is 0 Å². The molecule has 3 heteroatoms. The highest BCUT2D eigenvalue weighted by molar-refractivity contribution is 5.78. The number of amidine groups is 1. The van der Waals surface area contributed by atoms with Gasteiger partial charge in [-0.25, -0.2) is 0 Å². The Hall–Kier alpha value is -1.51. The average Bonchev–Trinajstić information content (AvgIpc) is 2.57. The third kappa shape index (κ3) is 2.12. The van der Waals surface area contributed by atoms with E-state index in [1.165, 1.54) is 11.1 Å². The summed E-state index contributed by atoms with van der Waals surface area (Å²) in [5.74, 6) is 0. The monoisotopic (exact) mass is 204 g/mol. The van der Waals surface area contributed by atoms with Gasteiger partial charge in [0, 0.05) is 7.05 Å². The van der Waals surface area contributed by atoms with Gasteiger partial charge in [-0.3, -0.25) is 0 Å². The molecule has 0 radical (unpaired) electrons. The Morgan fingerprint density at radius 2 is 2.13 bits per heavy atom. The van der Waals surface area contributed by atoms with Crippen LogP contribution in [0.2, 0.25) is 0 Å². The maximum atomic E-state index is 5.43. The molecule has 2 rings (SSSR count). The zero-order valence-corrected chi connectivity index (χ0v) is 9.45. The molecule has 0 saturated carbocycles. The Bertz CT molecular complexity index is 399. The molecule has 3 nitrogen and oxygen atoms in total. The van der Waals surface area contributed by atoms with Crippen molar-refractivity contribution in [1.82, 2.24) is 4.90 Å². The Balaban J connectivity index is 2.30. The van der Waals surface area contributed by atoms with E-state index in [-0.39, 0.29) is 0 Å². The molecule has 0 aliphatic carbocycles. The number of hydrogen-bond donors (Lipinski definition) is 0. The van der Waals surface area contributed by atoms with Gasteiger partial charge in [0.15, 0.2) is 0 Å². The Morgan fingerprint density at radius 3 is 2.73 bits per heavy atom. The number of hydrogen-bond acceptors (Lipinski definition) is 2. The molecule has 1 aromatic carbocycles. The summed E-state index contributed by atoms with van der Waals surface area (Å²) in [6.07, 6.45) is 0. The fraction of sp³-hybridized carbons (Fsp3) is 0.417. The molecule has 1 fully saturated rings. The molecule has 80 valence electrons. The molecule has 0 bridgehead atoms. The Labute approximate surface area is 90.4 Å². The van der Waals surface area contributed by atoms with E-state index in [2.05, 4.69) is 31.0 Å². The summed E-state index contributed by atoms with van der Waals surface area (Å²) in [6.45, 7) is 5.81. The van der Waals surface area contributed by atoms with Crippen LogP contribution in [-0.4, -0.2) is 31.1 Å². The first-order valence-electron chi connectivity index (χ1n) is 5.17. The van der Waals surface area contributed by atoms with Gasteiger partial charge in [0.25, 0.3) is 6.02 Å². The summed E-state index contributed by atoms with van der Waals surface area (Å²) in [7, 11) is 2.00. The van der Waals surface area contributed by atoms with Crippen LogP contribution in [0.5, 0.6) is 0 Å². The fourth-order valence-corrected chi connectivity index (χ4v) is 1.63. The predicted octanol–water partition coefficient (Wildman–Crippen LogP) is 2.25. The third-order valence-electron chi connectivity index (χ3n) is 2.55. The van der Waals surface area contributed by atoms with Crippen LogP contribution in [0.1, 0.15) is 11.1 Å². The van der Waals surface area contributed by atoms with Crippen LogP contribution in [-0.2, 0) is 4.74 Å². The van der Waals surface area contributed by atoms with E-state index >= 15 is 0 Å². The molecule has 1 heterocycles. The lowest BCUT2D eigenvalue weighted by molar-refractivity contribution is 0.352. The first-order valence-corrected chi connectivity index (χ1v) is 5.17. The van der Waals surface area contributed by atoms with Crippen LogP contribution in [0.25, 0.3) is 0 Å². The van der Waals surface area contributed by atoms with E-state index in [9.17, 15) is 0 Å². The smallest absolute Gasteiger partial charge is 0.292 e. The van der Waals surface area contributed by atoms with Crippen LogP contribution in [0.3, 0.4) is 0 Å². The summed E-state index contributed by atoms with van der Waals surface area (Å²) in [5, 5.41) is 0. The Morgan fingerprint density at radius 1 is 1.33 bits per heavy atom. The summed E-state index contributed by atoms with van der Waals surface area (Å²) >= 11 is 0. The summed E-state index contributed by atoms with van der Waals surface area (Å²) in [4.78, 5) is 6.53. The number of likely N-dealkylation sites (N-methyl/N-ethyl adjacent to an activating group) is 1. The average molecular weight is 204 g/mol. The van der Waals surface area contributed by atoms with Crippen molar-refractivity contribution < 1.29 is 4.74 Å². The molecular weight excluding hydrogens is 188 g/mol. The number of benzene rings is 1. The first-order chi connectivity index (χ1) is 7.16. The van der Waals surface area contributed by atoms with Crippen LogP contribution >= 0.6 is 0 Å². The van der Waals surface area contributed by atoms with Gasteiger partial charge in [-0.15, -0.1) is 0 Å². The van der Waals surface area contributed by atoms with Gasteiger partial charge in [-0.1, -0.05) is 17.7 Å². The van der Waals surface area contributed by atoms with Gasteiger partial charge in [0.05, 0.1) is 12.2 Å². The summed E-state index contributed by atoms with van der Waals surface area (Å²) < 4.78 is 5.43. The van der Waals surface area contributed by atoms with Crippen LogP contribution in [0.15, 0.2) is 23.2 Å². The summed E-state index contributed by atoms with van der Waals surface area (Å²) in [5.41, 5.74) is 3.44. The van der Waals surface area contributed by atoms with Crippen molar-refractivity contribution in [2.45, 2.75) is 13.8 Å². The highest BCUT2D eigenvalue weighted by Crippen LogP contribution is 2.20. The van der Waals surface area contributed by atoms with E-state index in [0.717, 1.165) is 24.9 Å². The highest BCUT2D eigenvalue weighted by atomic mass is 16.5. The van der Waals surface area contributed by atoms with E-state index in [1.54, 1.807) is 0 Å². The lowest BCUT2D eigenvalue weighted by Crippen LogP contribution is -2.19. The molecule has 0 N–H and O–H groups in total. The van der Waals surface area contributed by atoms with Crippen molar-refractivity contribution in [2.75, 3.05) is 20.2 Å². The molecule has 0 unspecified atom stereocenters.